The van der Waals surface area contributed by atoms with Gasteiger partial charge in [-0.2, -0.15) is 0 Å². The summed E-state index contributed by atoms with van der Waals surface area (Å²) in [6.07, 6.45) is -0.488. The van der Waals surface area contributed by atoms with E-state index in [2.05, 4.69) is 10.3 Å². The summed E-state index contributed by atoms with van der Waals surface area (Å²) in [5, 5.41) is 2.63. The first-order valence-electron chi connectivity index (χ1n) is 7.79. The standard InChI is InChI=1S/C19H18N2O3/c1-2-23-19(22)20-13-16-21-17(14-9-5-3-6-10-14)18(24-16)15-11-7-4-8-12-15/h3-12H,2,13H2,1H3,(H,20,22). The molecule has 1 aromatic heterocycles. The molecule has 0 atom stereocenters. The molecule has 0 aliphatic heterocycles. The second-order valence-electron chi connectivity index (χ2n) is 5.09. The van der Waals surface area contributed by atoms with Crippen molar-refractivity contribution in [3.63, 3.8) is 0 Å². The Morgan fingerprint density at radius 3 is 2.29 bits per heavy atom. The molecule has 1 N–H and O–H groups in total. The van der Waals surface area contributed by atoms with Crippen LogP contribution in [-0.2, 0) is 11.3 Å². The van der Waals surface area contributed by atoms with Gasteiger partial charge in [0.05, 0.1) is 13.2 Å². The second kappa shape index (κ2) is 7.46. The van der Waals surface area contributed by atoms with E-state index in [1.54, 1.807) is 6.92 Å². The summed E-state index contributed by atoms with van der Waals surface area (Å²) in [4.78, 5) is 16.0. The van der Waals surface area contributed by atoms with E-state index in [1.807, 2.05) is 60.7 Å². The SMILES string of the molecule is CCOC(=O)NCc1nc(-c2ccccc2)c(-c2ccccc2)o1. The third-order valence-electron chi connectivity index (χ3n) is 3.41. The Hall–Kier alpha value is -3.08. The maximum Gasteiger partial charge on any atom is 0.407 e. The fourth-order valence-electron chi connectivity index (χ4n) is 2.35. The number of ether oxygens (including phenoxy) is 1. The fraction of sp³-hybridized carbons (Fsp3) is 0.158. The highest BCUT2D eigenvalue weighted by atomic mass is 16.5. The number of nitrogens with one attached hydrogen (secondary N) is 1. The first-order chi connectivity index (χ1) is 11.8. The van der Waals surface area contributed by atoms with Gasteiger partial charge in [-0.05, 0) is 6.92 Å². The van der Waals surface area contributed by atoms with Gasteiger partial charge in [0.15, 0.2) is 5.76 Å². The van der Waals surface area contributed by atoms with Gasteiger partial charge in [0.25, 0.3) is 0 Å². The van der Waals surface area contributed by atoms with E-state index in [1.165, 1.54) is 0 Å². The van der Waals surface area contributed by atoms with Crippen LogP contribution in [0.15, 0.2) is 65.1 Å². The summed E-state index contributed by atoms with van der Waals surface area (Å²) in [6.45, 7) is 2.25. The zero-order chi connectivity index (χ0) is 16.8. The number of aromatic nitrogens is 1. The molecular formula is C19H18N2O3. The van der Waals surface area contributed by atoms with E-state index in [0.29, 0.717) is 18.3 Å². The molecule has 3 rings (SSSR count). The first-order valence-corrected chi connectivity index (χ1v) is 7.79. The van der Waals surface area contributed by atoms with Crippen molar-refractivity contribution in [2.45, 2.75) is 13.5 Å². The molecule has 0 unspecified atom stereocenters. The van der Waals surface area contributed by atoms with Gasteiger partial charge in [0.2, 0.25) is 5.89 Å². The van der Waals surface area contributed by atoms with Crippen LogP contribution in [0, 0.1) is 0 Å². The highest BCUT2D eigenvalue weighted by Gasteiger charge is 2.17. The van der Waals surface area contributed by atoms with Crippen molar-refractivity contribution >= 4 is 6.09 Å². The number of benzene rings is 2. The average molecular weight is 322 g/mol. The monoisotopic (exact) mass is 322 g/mol. The molecule has 0 radical (unpaired) electrons. The number of nitrogens with zero attached hydrogens (tertiary/aromatic N) is 1. The van der Waals surface area contributed by atoms with E-state index >= 15 is 0 Å². The summed E-state index contributed by atoms with van der Waals surface area (Å²) in [6, 6.07) is 19.6. The van der Waals surface area contributed by atoms with Crippen molar-refractivity contribution in [3.8, 4) is 22.6 Å². The van der Waals surface area contributed by atoms with Crippen LogP contribution >= 0.6 is 0 Å². The number of hydrogen-bond acceptors (Lipinski definition) is 4. The summed E-state index contributed by atoms with van der Waals surface area (Å²) >= 11 is 0. The molecule has 2 aromatic carbocycles. The molecule has 0 bridgehead atoms. The van der Waals surface area contributed by atoms with Gasteiger partial charge in [0, 0.05) is 11.1 Å². The highest BCUT2D eigenvalue weighted by molar-refractivity contribution is 5.76. The molecule has 5 nitrogen and oxygen atoms in total. The second-order valence-corrected chi connectivity index (χ2v) is 5.09. The van der Waals surface area contributed by atoms with E-state index in [4.69, 9.17) is 9.15 Å². The van der Waals surface area contributed by atoms with E-state index < -0.39 is 6.09 Å². The molecule has 0 aliphatic carbocycles. The lowest BCUT2D eigenvalue weighted by atomic mass is 10.1. The number of alkyl carbamates (subject to hydrolysis) is 1. The van der Waals surface area contributed by atoms with Crippen molar-refractivity contribution in [1.29, 1.82) is 0 Å². The number of hydrogen-bond donors (Lipinski definition) is 1. The van der Waals surface area contributed by atoms with Crippen LogP contribution in [0.3, 0.4) is 0 Å². The Bertz CT molecular complexity index is 741. The van der Waals surface area contributed by atoms with E-state index in [-0.39, 0.29) is 6.54 Å². The fourth-order valence-corrected chi connectivity index (χ4v) is 2.35. The molecule has 1 amide bonds. The summed E-state index contributed by atoms with van der Waals surface area (Å²) < 4.78 is 10.8. The molecule has 24 heavy (non-hydrogen) atoms. The Kier molecular flexibility index (Phi) is 4.91. The number of carbonyl (C=O) groups excluding carboxylic acids is 1. The van der Waals surface area contributed by atoms with E-state index in [0.717, 1.165) is 16.8 Å². The topological polar surface area (TPSA) is 64.4 Å². The lowest BCUT2D eigenvalue weighted by molar-refractivity contribution is 0.150. The maximum absolute atomic E-state index is 11.4. The van der Waals surface area contributed by atoms with Crippen molar-refractivity contribution in [2.75, 3.05) is 6.61 Å². The summed E-state index contributed by atoms with van der Waals surface area (Å²) in [5.41, 5.74) is 2.65. The Morgan fingerprint density at radius 1 is 1.04 bits per heavy atom. The molecular weight excluding hydrogens is 304 g/mol. The Labute approximate surface area is 140 Å². The zero-order valence-electron chi connectivity index (χ0n) is 13.4. The van der Waals surface area contributed by atoms with Crippen molar-refractivity contribution < 1.29 is 13.9 Å². The predicted molar refractivity (Wildman–Crippen MR) is 91.2 cm³/mol. The quantitative estimate of drug-likeness (QED) is 0.762. The van der Waals surface area contributed by atoms with Gasteiger partial charge in [-0.3, -0.25) is 0 Å². The van der Waals surface area contributed by atoms with Gasteiger partial charge in [-0.15, -0.1) is 0 Å². The predicted octanol–water partition coefficient (Wildman–Crippen LogP) is 4.25. The third kappa shape index (κ3) is 3.63. The molecule has 5 heteroatoms. The van der Waals surface area contributed by atoms with Crippen LogP contribution in [0.4, 0.5) is 4.79 Å². The van der Waals surface area contributed by atoms with Gasteiger partial charge >= 0.3 is 6.09 Å². The number of oxazole rings is 1. The van der Waals surface area contributed by atoms with E-state index in [9.17, 15) is 4.79 Å². The normalized spacial score (nSPS) is 10.4. The number of rotatable bonds is 5. The number of amides is 1. The minimum atomic E-state index is -0.488. The van der Waals surface area contributed by atoms with Crippen LogP contribution in [0.1, 0.15) is 12.8 Å². The molecule has 0 fully saturated rings. The molecule has 0 saturated carbocycles. The first kappa shape index (κ1) is 15.8. The van der Waals surface area contributed by atoms with Crippen LogP contribution < -0.4 is 5.32 Å². The van der Waals surface area contributed by atoms with Crippen LogP contribution in [0.25, 0.3) is 22.6 Å². The minimum Gasteiger partial charge on any atom is -0.450 e. The molecule has 0 aliphatic rings. The summed E-state index contributed by atoms with van der Waals surface area (Å²) in [7, 11) is 0. The Balaban J connectivity index is 1.93. The van der Waals surface area contributed by atoms with Gasteiger partial charge in [-0.1, -0.05) is 60.7 Å². The van der Waals surface area contributed by atoms with Gasteiger partial charge in [0.1, 0.15) is 5.69 Å². The van der Waals surface area contributed by atoms with Crippen molar-refractivity contribution in [1.82, 2.24) is 10.3 Å². The molecule has 0 spiro atoms. The Morgan fingerprint density at radius 2 is 1.67 bits per heavy atom. The highest BCUT2D eigenvalue weighted by Crippen LogP contribution is 2.32. The van der Waals surface area contributed by atoms with Crippen molar-refractivity contribution in [2.24, 2.45) is 0 Å². The lowest BCUT2D eigenvalue weighted by Gasteiger charge is -2.01. The van der Waals surface area contributed by atoms with Gasteiger partial charge in [-0.25, -0.2) is 9.78 Å². The third-order valence-corrected chi connectivity index (χ3v) is 3.41. The number of carbonyl (C=O) groups is 1. The minimum absolute atomic E-state index is 0.172. The molecule has 122 valence electrons. The molecule has 3 aromatic rings. The molecule has 1 heterocycles. The summed E-state index contributed by atoms with van der Waals surface area (Å²) in [5.74, 6) is 1.11. The average Bonchev–Trinajstić information content (AvgIpc) is 3.06. The maximum atomic E-state index is 11.4. The van der Waals surface area contributed by atoms with Crippen LogP contribution in [0.5, 0.6) is 0 Å². The van der Waals surface area contributed by atoms with Crippen molar-refractivity contribution in [3.05, 3.63) is 66.6 Å². The smallest absolute Gasteiger partial charge is 0.407 e. The van der Waals surface area contributed by atoms with Crippen LogP contribution in [0.2, 0.25) is 0 Å². The lowest BCUT2D eigenvalue weighted by Crippen LogP contribution is -2.23. The van der Waals surface area contributed by atoms with Crippen LogP contribution in [-0.4, -0.2) is 17.7 Å². The molecule has 0 saturated heterocycles. The van der Waals surface area contributed by atoms with Gasteiger partial charge < -0.3 is 14.5 Å². The largest absolute Gasteiger partial charge is 0.450 e. The zero-order valence-corrected chi connectivity index (χ0v) is 13.4.